The van der Waals surface area contributed by atoms with E-state index < -0.39 is 0 Å². The van der Waals surface area contributed by atoms with Crippen LogP contribution in [-0.4, -0.2) is 29.9 Å². The lowest BCUT2D eigenvalue weighted by atomic mass is 10.0. The van der Waals surface area contributed by atoms with E-state index in [1.54, 1.807) is 17.7 Å². The minimum atomic E-state index is 0.628. The predicted molar refractivity (Wildman–Crippen MR) is 191 cm³/mol. The summed E-state index contributed by atoms with van der Waals surface area (Å²) < 4.78 is 2.46. The fraction of sp³-hybridized carbons (Fsp3) is 0. The standard InChI is InChI=1S/C40H24N6S/c1-3-9-26(10-4-1)38-44-39(27-11-5-2-6-12-27)46-40(45-38)28-17-15-25(16-18-28)29-19-20-31-33(21-29)42-24-43-37(31)34-22-36-32(23-41-34)30-13-7-8-14-35(30)47-36/h1-24H. The van der Waals surface area contributed by atoms with Crippen molar-refractivity contribution in [1.82, 2.24) is 29.9 Å². The molecule has 0 radical (unpaired) electrons. The highest BCUT2D eigenvalue weighted by Gasteiger charge is 2.14. The molecule has 0 fully saturated rings. The first-order valence-electron chi connectivity index (χ1n) is 15.3. The molecule has 0 spiro atoms. The van der Waals surface area contributed by atoms with Gasteiger partial charge in [0.2, 0.25) is 0 Å². The number of rotatable bonds is 5. The first-order valence-corrected chi connectivity index (χ1v) is 16.1. The molecule has 0 bridgehead atoms. The molecule has 9 rings (SSSR count). The maximum Gasteiger partial charge on any atom is 0.164 e. The summed E-state index contributed by atoms with van der Waals surface area (Å²) >= 11 is 1.78. The first-order chi connectivity index (χ1) is 23.3. The van der Waals surface area contributed by atoms with E-state index in [2.05, 4.69) is 82.8 Å². The van der Waals surface area contributed by atoms with Crippen LogP contribution in [0.1, 0.15) is 0 Å². The molecule has 0 unspecified atom stereocenters. The topological polar surface area (TPSA) is 77.3 Å². The maximum atomic E-state index is 4.87. The molecule has 220 valence electrons. The van der Waals surface area contributed by atoms with Crippen molar-refractivity contribution in [2.45, 2.75) is 0 Å². The van der Waals surface area contributed by atoms with Crippen LogP contribution in [0.2, 0.25) is 0 Å². The van der Waals surface area contributed by atoms with Crippen LogP contribution in [0.5, 0.6) is 0 Å². The molecule has 5 aromatic carbocycles. The fourth-order valence-electron chi connectivity index (χ4n) is 5.94. The molecule has 4 heterocycles. The van der Waals surface area contributed by atoms with Gasteiger partial charge in [-0.05, 0) is 35.4 Å². The highest BCUT2D eigenvalue weighted by Crippen LogP contribution is 2.36. The second kappa shape index (κ2) is 11.3. The molecule has 0 atom stereocenters. The van der Waals surface area contributed by atoms with Gasteiger partial charge in [0.1, 0.15) is 6.33 Å². The Kier molecular flexibility index (Phi) is 6.54. The summed E-state index contributed by atoms with van der Waals surface area (Å²) in [5.41, 5.74) is 7.48. The fourth-order valence-corrected chi connectivity index (χ4v) is 7.05. The lowest BCUT2D eigenvalue weighted by Crippen LogP contribution is -2.00. The Hall–Kier alpha value is -6.18. The number of thiophene rings is 1. The SMILES string of the molecule is c1ccc(-c2nc(-c3ccccc3)nc(-c3ccc(-c4ccc5c(-c6cc7sc8ccccc8c7cn6)ncnc5c4)cc3)n2)cc1. The highest BCUT2D eigenvalue weighted by atomic mass is 32.1. The zero-order chi connectivity index (χ0) is 31.2. The molecule has 0 aliphatic rings. The third-order valence-electron chi connectivity index (χ3n) is 8.32. The molecule has 6 nitrogen and oxygen atoms in total. The molecular formula is C40H24N6S. The van der Waals surface area contributed by atoms with Gasteiger partial charge in [-0.2, -0.15) is 0 Å². The number of fused-ring (bicyclic) bond motifs is 4. The van der Waals surface area contributed by atoms with Crippen LogP contribution in [-0.2, 0) is 0 Å². The number of hydrogen-bond acceptors (Lipinski definition) is 7. The minimum absolute atomic E-state index is 0.628. The van der Waals surface area contributed by atoms with Gasteiger partial charge >= 0.3 is 0 Å². The number of aromatic nitrogens is 6. The van der Waals surface area contributed by atoms with E-state index in [1.807, 2.05) is 66.9 Å². The van der Waals surface area contributed by atoms with Crippen LogP contribution < -0.4 is 0 Å². The molecule has 7 heteroatoms. The van der Waals surface area contributed by atoms with Gasteiger partial charge in [0.25, 0.3) is 0 Å². The summed E-state index contributed by atoms with van der Waals surface area (Å²) in [4.78, 5) is 28.6. The Morgan fingerprint density at radius 2 is 1.00 bits per heavy atom. The Morgan fingerprint density at radius 3 is 1.70 bits per heavy atom. The number of benzene rings is 5. The van der Waals surface area contributed by atoms with Crippen LogP contribution >= 0.6 is 11.3 Å². The van der Waals surface area contributed by atoms with E-state index in [4.69, 9.17) is 19.9 Å². The molecule has 0 saturated heterocycles. The lowest BCUT2D eigenvalue weighted by molar-refractivity contribution is 1.07. The van der Waals surface area contributed by atoms with Gasteiger partial charge in [-0.25, -0.2) is 24.9 Å². The van der Waals surface area contributed by atoms with Crippen LogP contribution in [0, 0.1) is 0 Å². The molecule has 47 heavy (non-hydrogen) atoms. The van der Waals surface area contributed by atoms with E-state index in [-0.39, 0.29) is 0 Å². The molecule has 0 saturated carbocycles. The van der Waals surface area contributed by atoms with Gasteiger partial charge in [-0.1, -0.05) is 109 Å². The average molecular weight is 621 g/mol. The minimum Gasteiger partial charge on any atom is -0.254 e. The van der Waals surface area contributed by atoms with Gasteiger partial charge < -0.3 is 0 Å². The zero-order valence-corrected chi connectivity index (χ0v) is 25.8. The Balaban J connectivity index is 1.07. The number of pyridine rings is 1. The van der Waals surface area contributed by atoms with Gasteiger partial charge in [0, 0.05) is 48.4 Å². The van der Waals surface area contributed by atoms with Crippen molar-refractivity contribution in [2.75, 3.05) is 0 Å². The highest BCUT2D eigenvalue weighted by molar-refractivity contribution is 7.25. The number of nitrogens with zero attached hydrogens (tertiary/aromatic N) is 6. The van der Waals surface area contributed by atoms with E-state index in [0.29, 0.717) is 17.5 Å². The van der Waals surface area contributed by atoms with E-state index in [0.717, 1.165) is 50.1 Å². The lowest BCUT2D eigenvalue weighted by Gasteiger charge is -2.10. The van der Waals surface area contributed by atoms with Crippen molar-refractivity contribution in [1.29, 1.82) is 0 Å². The summed E-state index contributed by atoms with van der Waals surface area (Å²) in [5, 5.41) is 3.37. The summed E-state index contributed by atoms with van der Waals surface area (Å²) in [5.74, 6) is 1.91. The van der Waals surface area contributed by atoms with Gasteiger partial charge in [0.15, 0.2) is 17.5 Å². The average Bonchev–Trinajstić information content (AvgIpc) is 3.53. The summed E-state index contributed by atoms with van der Waals surface area (Å²) in [6.45, 7) is 0. The van der Waals surface area contributed by atoms with E-state index in [9.17, 15) is 0 Å². The molecule has 0 amide bonds. The molecule has 4 aromatic heterocycles. The maximum absolute atomic E-state index is 4.87. The largest absolute Gasteiger partial charge is 0.254 e. The Bertz CT molecular complexity index is 2510. The van der Waals surface area contributed by atoms with Crippen molar-refractivity contribution in [2.24, 2.45) is 0 Å². The van der Waals surface area contributed by atoms with Crippen molar-refractivity contribution in [3.8, 4) is 56.7 Å². The van der Waals surface area contributed by atoms with Crippen LogP contribution in [0.25, 0.3) is 87.8 Å². The van der Waals surface area contributed by atoms with Crippen LogP contribution in [0.15, 0.2) is 146 Å². The predicted octanol–water partition coefficient (Wildman–Crippen LogP) is 9.91. The van der Waals surface area contributed by atoms with Crippen molar-refractivity contribution < 1.29 is 0 Å². The second-order valence-electron chi connectivity index (χ2n) is 11.2. The van der Waals surface area contributed by atoms with Crippen molar-refractivity contribution >= 4 is 42.4 Å². The zero-order valence-electron chi connectivity index (χ0n) is 24.9. The van der Waals surface area contributed by atoms with Gasteiger partial charge in [0.05, 0.1) is 16.9 Å². The first kappa shape index (κ1) is 27.2. The summed E-state index contributed by atoms with van der Waals surface area (Å²) in [7, 11) is 0. The van der Waals surface area contributed by atoms with E-state index in [1.165, 1.54) is 20.2 Å². The second-order valence-corrected chi connectivity index (χ2v) is 12.3. The van der Waals surface area contributed by atoms with Crippen LogP contribution in [0.3, 0.4) is 0 Å². The molecular weight excluding hydrogens is 597 g/mol. The number of hydrogen-bond donors (Lipinski definition) is 0. The Morgan fingerprint density at radius 1 is 0.404 bits per heavy atom. The summed E-state index contributed by atoms with van der Waals surface area (Å²) in [6.07, 6.45) is 3.59. The molecule has 0 aliphatic heterocycles. The Labute approximate surface area is 274 Å². The van der Waals surface area contributed by atoms with Crippen molar-refractivity contribution in [3.05, 3.63) is 146 Å². The summed E-state index contributed by atoms with van der Waals surface area (Å²) in [6, 6.07) is 45.3. The van der Waals surface area contributed by atoms with Crippen LogP contribution in [0.4, 0.5) is 0 Å². The molecule has 9 aromatic rings. The van der Waals surface area contributed by atoms with Gasteiger partial charge in [-0.3, -0.25) is 4.98 Å². The third-order valence-corrected chi connectivity index (χ3v) is 9.45. The van der Waals surface area contributed by atoms with Crippen molar-refractivity contribution in [3.63, 3.8) is 0 Å². The smallest absolute Gasteiger partial charge is 0.164 e. The third kappa shape index (κ3) is 4.99. The van der Waals surface area contributed by atoms with E-state index >= 15 is 0 Å². The normalized spacial score (nSPS) is 11.4. The molecule has 0 N–H and O–H groups in total. The monoisotopic (exact) mass is 620 g/mol. The quantitative estimate of drug-likeness (QED) is 0.191. The van der Waals surface area contributed by atoms with Gasteiger partial charge in [-0.15, -0.1) is 11.3 Å². The molecule has 0 aliphatic carbocycles.